The smallest absolute Gasteiger partial charge is 0.324 e. The number of aryl methyl sites for hydroxylation is 1. The van der Waals surface area contributed by atoms with E-state index in [0.717, 1.165) is 47.3 Å². The summed E-state index contributed by atoms with van der Waals surface area (Å²) >= 11 is 6.64. The summed E-state index contributed by atoms with van der Waals surface area (Å²) in [7, 11) is 3.80. The highest BCUT2D eigenvalue weighted by Gasteiger charge is 2.30. The van der Waals surface area contributed by atoms with Gasteiger partial charge in [-0.1, -0.05) is 81.3 Å². The van der Waals surface area contributed by atoms with E-state index in [-0.39, 0.29) is 12.0 Å². The Kier molecular flexibility index (Phi) is 10.1. The van der Waals surface area contributed by atoms with E-state index in [4.69, 9.17) is 16.3 Å². The molecule has 0 aliphatic carbocycles. The number of halogens is 1. The second-order valence-corrected chi connectivity index (χ2v) is 11.1. The summed E-state index contributed by atoms with van der Waals surface area (Å²) in [5.41, 5.74) is 4.38. The van der Waals surface area contributed by atoms with Gasteiger partial charge in [-0.25, -0.2) is 4.98 Å². The SMILES string of the molecule is CCCCc1nc(Cl)c([C@@H](Cc2ccc(-c3ccccc3)c(-c3nn[nH]n3)c2)OC(=O)[C@@H](CC(C)C)N(C)C)[nH]1. The van der Waals surface area contributed by atoms with Crippen LogP contribution in [-0.4, -0.2) is 61.6 Å². The van der Waals surface area contributed by atoms with Gasteiger partial charge in [-0.3, -0.25) is 9.69 Å². The maximum absolute atomic E-state index is 13.5. The van der Waals surface area contributed by atoms with Crippen molar-refractivity contribution in [1.29, 1.82) is 0 Å². The van der Waals surface area contributed by atoms with Crippen molar-refractivity contribution in [2.45, 2.75) is 65.0 Å². The molecule has 0 saturated carbocycles. The van der Waals surface area contributed by atoms with Crippen LogP contribution in [-0.2, 0) is 22.4 Å². The predicted octanol–water partition coefficient (Wildman–Crippen LogP) is 6.06. The number of benzene rings is 2. The Hall–Kier alpha value is -3.56. The van der Waals surface area contributed by atoms with Crippen molar-refractivity contribution in [2.75, 3.05) is 14.1 Å². The van der Waals surface area contributed by atoms with Crippen LogP contribution in [0.15, 0.2) is 48.5 Å². The summed E-state index contributed by atoms with van der Waals surface area (Å²) in [5, 5.41) is 15.1. The van der Waals surface area contributed by atoms with Crippen molar-refractivity contribution in [3.05, 3.63) is 70.8 Å². The molecule has 40 heavy (non-hydrogen) atoms. The van der Waals surface area contributed by atoms with Gasteiger partial charge >= 0.3 is 5.97 Å². The molecule has 4 rings (SSSR count). The number of hydrogen-bond donors (Lipinski definition) is 2. The molecule has 2 heterocycles. The van der Waals surface area contributed by atoms with E-state index < -0.39 is 6.10 Å². The lowest BCUT2D eigenvalue weighted by molar-refractivity contribution is -0.155. The van der Waals surface area contributed by atoms with E-state index in [1.54, 1.807) is 0 Å². The van der Waals surface area contributed by atoms with Crippen molar-refractivity contribution >= 4 is 17.6 Å². The molecule has 2 aromatic heterocycles. The lowest BCUT2D eigenvalue weighted by Gasteiger charge is -2.27. The zero-order valence-electron chi connectivity index (χ0n) is 23.8. The molecule has 0 bridgehead atoms. The van der Waals surface area contributed by atoms with Crippen LogP contribution in [0.5, 0.6) is 0 Å². The molecule has 0 saturated heterocycles. The highest BCUT2D eigenvalue weighted by molar-refractivity contribution is 6.30. The second kappa shape index (κ2) is 13.7. The zero-order valence-corrected chi connectivity index (χ0v) is 24.6. The monoisotopic (exact) mass is 563 g/mol. The molecule has 0 fully saturated rings. The van der Waals surface area contributed by atoms with Gasteiger partial charge in [-0.15, -0.1) is 10.2 Å². The average Bonchev–Trinajstić information content (AvgIpc) is 3.60. The number of esters is 1. The number of aromatic amines is 2. The first kappa shape index (κ1) is 29.4. The fourth-order valence-corrected chi connectivity index (χ4v) is 5.01. The third-order valence-corrected chi connectivity index (χ3v) is 7.14. The number of nitrogens with zero attached hydrogens (tertiary/aromatic N) is 5. The van der Waals surface area contributed by atoms with Crippen LogP contribution in [0.3, 0.4) is 0 Å². The molecule has 0 aliphatic heterocycles. The first-order valence-corrected chi connectivity index (χ1v) is 14.2. The van der Waals surface area contributed by atoms with Crippen LogP contribution in [0, 0.1) is 5.92 Å². The number of nitrogens with one attached hydrogen (secondary N) is 2. The quantitative estimate of drug-likeness (QED) is 0.190. The second-order valence-electron chi connectivity index (χ2n) is 10.7. The van der Waals surface area contributed by atoms with Crippen LogP contribution >= 0.6 is 11.6 Å². The lowest BCUT2D eigenvalue weighted by atomic mass is 9.95. The number of ether oxygens (including phenoxy) is 1. The van der Waals surface area contributed by atoms with E-state index in [1.165, 1.54) is 0 Å². The molecule has 2 aromatic carbocycles. The number of likely N-dealkylation sites (N-methyl/N-ethyl adjacent to an activating group) is 1. The van der Waals surface area contributed by atoms with E-state index in [2.05, 4.69) is 51.4 Å². The Morgan fingerprint density at radius 1 is 1.10 bits per heavy atom. The van der Waals surface area contributed by atoms with E-state index in [9.17, 15) is 4.79 Å². The minimum Gasteiger partial charge on any atom is -0.454 e. The van der Waals surface area contributed by atoms with Crippen molar-refractivity contribution in [2.24, 2.45) is 5.92 Å². The standard InChI is InChI=1S/C30H38ClN7O2/c1-6-7-13-26-32-27(28(31)33-26)25(40-30(39)24(38(4)5)16-19(2)3)18-20-14-15-22(21-11-9-8-10-12-21)23(17-20)29-34-36-37-35-29/h8-12,14-15,17,19,24-25H,6-7,13,16,18H2,1-5H3,(H,32,33)(H,34,35,36,37)/t24-,25-/m1/s1. The molecule has 0 amide bonds. The van der Waals surface area contributed by atoms with Gasteiger partial charge in [0, 0.05) is 18.4 Å². The fourth-order valence-electron chi connectivity index (χ4n) is 4.74. The zero-order chi connectivity index (χ0) is 28.6. The summed E-state index contributed by atoms with van der Waals surface area (Å²) in [5.74, 6) is 1.32. The fraction of sp³-hybridized carbons (Fsp3) is 0.433. The maximum Gasteiger partial charge on any atom is 0.324 e. The van der Waals surface area contributed by atoms with Crippen LogP contribution in [0.2, 0.25) is 5.15 Å². The summed E-state index contributed by atoms with van der Waals surface area (Å²) in [6, 6.07) is 15.8. The van der Waals surface area contributed by atoms with Gasteiger partial charge in [0.25, 0.3) is 0 Å². The van der Waals surface area contributed by atoms with Crippen LogP contribution in [0.4, 0.5) is 0 Å². The Morgan fingerprint density at radius 2 is 1.88 bits per heavy atom. The molecular weight excluding hydrogens is 526 g/mol. The van der Waals surface area contributed by atoms with Gasteiger partial charge in [0.2, 0.25) is 5.82 Å². The lowest BCUT2D eigenvalue weighted by Crippen LogP contribution is -2.39. The molecule has 0 unspecified atom stereocenters. The number of tetrazole rings is 1. The van der Waals surface area contributed by atoms with Crippen molar-refractivity contribution in [3.63, 3.8) is 0 Å². The highest BCUT2D eigenvalue weighted by atomic mass is 35.5. The molecule has 10 heteroatoms. The Labute approximate surface area is 240 Å². The van der Waals surface area contributed by atoms with Crippen LogP contribution < -0.4 is 0 Å². The number of carbonyl (C=O) groups is 1. The first-order chi connectivity index (χ1) is 19.3. The third kappa shape index (κ3) is 7.34. The largest absolute Gasteiger partial charge is 0.454 e. The molecule has 4 aromatic rings. The number of imidazole rings is 1. The van der Waals surface area contributed by atoms with Crippen molar-refractivity contribution < 1.29 is 9.53 Å². The van der Waals surface area contributed by atoms with Gasteiger partial charge in [0.15, 0.2) is 5.15 Å². The van der Waals surface area contributed by atoms with Crippen molar-refractivity contribution in [3.8, 4) is 22.5 Å². The van der Waals surface area contributed by atoms with Gasteiger partial charge in [0.1, 0.15) is 18.0 Å². The molecule has 0 aliphatic rings. The van der Waals surface area contributed by atoms with Crippen molar-refractivity contribution in [1.82, 2.24) is 35.5 Å². The Balaban J connectivity index is 1.71. The van der Waals surface area contributed by atoms with Gasteiger partial charge in [-0.05, 0) is 60.8 Å². The molecule has 212 valence electrons. The average molecular weight is 564 g/mol. The van der Waals surface area contributed by atoms with Gasteiger partial charge in [-0.2, -0.15) is 5.21 Å². The molecule has 2 N–H and O–H groups in total. The van der Waals surface area contributed by atoms with Crippen LogP contribution in [0.25, 0.3) is 22.5 Å². The normalized spacial score (nSPS) is 13.1. The number of carbonyl (C=O) groups excluding carboxylic acids is 1. The Bertz CT molecular complexity index is 1370. The number of rotatable bonds is 13. The summed E-state index contributed by atoms with van der Waals surface area (Å²) in [4.78, 5) is 23.3. The van der Waals surface area contributed by atoms with Gasteiger partial charge < -0.3 is 9.72 Å². The minimum absolute atomic E-state index is 0.288. The highest BCUT2D eigenvalue weighted by Crippen LogP contribution is 2.34. The number of aromatic nitrogens is 6. The number of H-pyrrole nitrogens is 2. The first-order valence-electron chi connectivity index (χ1n) is 13.8. The Morgan fingerprint density at radius 3 is 2.52 bits per heavy atom. The van der Waals surface area contributed by atoms with Crippen LogP contribution in [0.1, 0.15) is 63.2 Å². The summed E-state index contributed by atoms with van der Waals surface area (Å²) in [6.07, 6.45) is 3.22. The molecular formula is C30H38ClN7O2. The van der Waals surface area contributed by atoms with E-state index in [1.807, 2.05) is 67.5 Å². The predicted molar refractivity (Wildman–Crippen MR) is 157 cm³/mol. The molecule has 9 nitrogen and oxygen atoms in total. The molecule has 2 atom stereocenters. The molecule has 0 radical (unpaired) electrons. The molecule has 0 spiro atoms. The topological polar surface area (TPSA) is 113 Å². The summed E-state index contributed by atoms with van der Waals surface area (Å²) in [6.45, 7) is 6.33. The van der Waals surface area contributed by atoms with Gasteiger partial charge in [0.05, 0.1) is 5.69 Å². The third-order valence-electron chi connectivity index (χ3n) is 6.85. The number of hydrogen-bond acceptors (Lipinski definition) is 7. The minimum atomic E-state index is -0.654. The van der Waals surface area contributed by atoms with E-state index >= 15 is 0 Å². The van der Waals surface area contributed by atoms with E-state index in [0.29, 0.717) is 35.4 Å². The number of unbranched alkanes of at least 4 members (excludes halogenated alkanes) is 1. The maximum atomic E-state index is 13.5. The summed E-state index contributed by atoms with van der Waals surface area (Å²) < 4.78 is 6.22.